The molecule has 186 valence electrons. The summed E-state index contributed by atoms with van der Waals surface area (Å²) in [6, 6.07) is 29.5. The van der Waals surface area contributed by atoms with Gasteiger partial charge in [-0.1, -0.05) is 92.7 Å². The molecule has 2 unspecified atom stereocenters. The Morgan fingerprint density at radius 1 is 0.857 bits per heavy atom. The molecule has 0 N–H and O–H groups in total. The normalized spacial score (nSPS) is 13.6. The van der Waals surface area contributed by atoms with Crippen LogP contribution in [0.5, 0.6) is 0 Å². The van der Waals surface area contributed by atoms with E-state index < -0.39 is 5.60 Å². The maximum atomic E-state index is 13.2. The molecule has 2 atom stereocenters. The van der Waals surface area contributed by atoms with Gasteiger partial charge in [-0.05, 0) is 50.5 Å². The number of rotatable bonds is 10. The van der Waals surface area contributed by atoms with Crippen LogP contribution in [-0.4, -0.2) is 21.7 Å². The van der Waals surface area contributed by atoms with Crippen LogP contribution >= 0.6 is 11.8 Å². The molecule has 3 aromatic rings. The fourth-order valence-corrected chi connectivity index (χ4v) is 5.30. The zero-order chi connectivity index (χ0) is 25.4. The number of ether oxygens (including phenoxy) is 1. The van der Waals surface area contributed by atoms with Gasteiger partial charge in [0.15, 0.2) is 0 Å². The van der Waals surface area contributed by atoms with Gasteiger partial charge in [0, 0.05) is 28.8 Å². The number of carbonyl (C=O) groups excluding carboxylic acids is 1. The lowest BCUT2D eigenvalue weighted by molar-refractivity contribution is -0.156. The fourth-order valence-electron chi connectivity index (χ4n) is 4.30. The summed E-state index contributed by atoms with van der Waals surface area (Å²) in [5.74, 6) is -0.176. The van der Waals surface area contributed by atoms with Crippen LogP contribution in [-0.2, 0) is 16.1 Å². The van der Waals surface area contributed by atoms with Crippen molar-refractivity contribution in [2.24, 2.45) is 0 Å². The zero-order valence-electron chi connectivity index (χ0n) is 21.9. The first-order valence-electron chi connectivity index (χ1n) is 12.5. The highest BCUT2D eigenvalue weighted by molar-refractivity contribution is 8.00. The number of thioether (sulfide) groups is 1. The van der Waals surface area contributed by atoms with E-state index in [9.17, 15) is 4.79 Å². The van der Waals surface area contributed by atoms with E-state index in [0.29, 0.717) is 5.25 Å². The zero-order valence-corrected chi connectivity index (χ0v) is 22.7. The third-order valence-corrected chi connectivity index (χ3v) is 6.91. The van der Waals surface area contributed by atoms with E-state index in [2.05, 4.69) is 98.5 Å². The van der Waals surface area contributed by atoms with Crippen molar-refractivity contribution in [1.29, 1.82) is 0 Å². The molecule has 0 spiro atoms. The second kappa shape index (κ2) is 12.4. The van der Waals surface area contributed by atoms with E-state index in [1.165, 1.54) is 21.6 Å². The molecule has 0 aliphatic carbocycles. The van der Waals surface area contributed by atoms with Gasteiger partial charge in [-0.2, -0.15) is 0 Å². The molecule has 0 aromatic heterocycles. The van der Waals surface area contributed by atoms with Crippen LogP contribution in [0.4, 0.5) is 0 Å². The Labute approximate surface area is 215 Å². The summed E-state index contributed by atoms with van der Waals surface area (Å²) in [5, 5.41) is 0.437. The number of nitrogens with zero attached hydrogens (tertiary/aromatic N) is 1. The molecule has 0 radical (unpaired) electrons. The van der Waals surface area contributed by atoms with Crippen molar-refractivity contribution in [3.05, 3.63) is 102 Å². The second-order valence-electron chi connectivity index (χ2n) is 10.3. The molecule has 3 nitrogen and oxygen atoms in total. The summed E-state index contributed by atoms with van der Waals surface area (Å²) in [7, 11) is 0. The SMILES string of the molecule is CC(C)Sc1ccccc1C(CC(=O)OC(C)(C)C)N(Cc1ccccc1)C(C)c1ccccc1. The van der Waals surface area contributed by atoms with Gasteiger partial charge >= 0.3 is 5.97 Å². The summed E-state index contributed by atoms with van der Waals surface area (Å²) >= 11 is 1.85. The Morgan fingerprint density at radius 2 is 1.43 bits per heavy atom. The fraction of sp³-hybridized carbons (Fsp3) is 0.387. The minimum Gasteiger partial charge on any atom is -0.460 e. The van der Waals surface area contributed by atoms with E-state index in [-0.39, 0.29) is 24.5 Å². The molecule has 3 rings (SSSR count). The van der Waals surface area contributed by atoms with E-state index in [0.717, 1.165) is 6.54 Å². The molecule has 0 aliphatic heterocycles. The topological polar surface area (TPSA) is 29.5 Å². The van der Waals surface area contributed by atoms with E-state index in [1.807, 2.05) is 44.7 Å². The van der Waals surface area contributed by atoms with Gasteiger partial charge in [0.05, 0.1) is 6.42 Å². The predicted octanol–water partition coefficient (Wildman–Crippen LogP) is 8.22. The van der Waals surface area contributed by atoms with Crippen LogP contribution in [0.15, 0.2) is 89.8 Å². The standard InChI is InChI=1S/C31H39NO2S/c1-23(2)35-29-20-14-13-19-27(29)28(21-30(33)34-31(4,5)6)32(22-25-15-9-7-10-16-25)24(3)26-17-11-8-12-18-26/h7-20,23-24,28H,21-22H2,1-6H3. The van der Waals surface area contributed by atoms with E-state index in [1.54, 1.807) is 0 Å². The van der Waals surface area contributed by atoms with Crippen LogP contribution < -0.4 is 0 Å². The lowest BCUT2D eigenvalue weighted by Gasteiger charge is -2.38. The van der Waals surface area contributed by atoms with Crippen LogP contribution in [0.2, 0.25) is 0 Å². The smallest absolute Gasteiger partial charge is 0.308 e. The predicted molar refractivity (Wildman–Crippen MR) is 147 cm³/mol. The lowest BCUT2D eigenvalue weighted by Crippen LogP contribution is -2.34. The highest BCUT2D eigenvalue weighted by atomic mass is 32.2. The number of esters is 1. The van der Waals surface area contributed by atoms with Gasteiger partial charge in [-0.3, -0.25) is 9.69 Å². The number of hydrogen-bond donors (Lipinski definition) is 0. The maximum absolute atomic E-state index is 13.2. The number of carbonyl (C=O) groups is 1. The van der Waals surface area contributed by atoms with Crippen molar-refractivity contribution in [3.63, 3.8) is 0 Å². The molecule has 0 aliphatic rings. The van der Waals surface area contributed by atoms with Gasteiger partial charge < -0.3 is 4.74 Å². The Balaban J connectivity index is 2.10. The molecule has 4 heteroatoms. The summed E-state index contributed by atoms with van der Waals surface area (Å²) < 4.78 is 5.82. The third kappa shape index (κ3) is 8.26. The molecule has 0 fully saturated rings. The molecule has 0 saturated carbocycles. The average molecular weight is 490 g/mol. The van der Waals surface area contributed by atoms with E-state index in [4.69, 9.17) is 4.74 Å². The van der Waals surface area contributed by atoms with Gasteiger partial charge in [-0.25, -0.2) is 0 Å². The Morgan fingerprint density at radius 3 is 2.03 bits per heavy atom. The molecule has 3 aromatic carbocycles. The minimum absolute atomic E-state index is 0.0981. The first-order valence-corrected chi connectivity index (χ1v) is 13.3. The highest BCUT2D eigenvalue weighted by Gasteiger charge is 2.31. The Hall–Kier alpha value is -2.56. The average Bonchev–Trinajstić information content (AvgIpc) is 2.81. The molecular weight excluding hydrogens is 450 g/mol. The highest BCUT2D eigenvalue weighted by Crippen LogP contribution is 2.40. The Kier molecular flexibility index (Phi) is 9.59. The summed E-state index contributed by atoms with van der Waals surface area (Å²) in [6.07, 6.45) is 0.289. The van der Waals surface area contributed by atoms with E-state index >= 15 is 0 Å². The van der Waals surface area contributed by atoms with Gasteiger partial charge in [0.25, 0.3) is 0 Å². The summed E-state index contributed by atoms with van der Waals surface area (Å²) in [5.41, 5.74) is 3.10. The monoisotopic (exact) mass is 489 g/mol. The molecule has 0 bridgehead atoms. The van der Waals surface area contributed by atoms with Crippen molar-refractivity contribution in [2.75, 3.05) is 0 Å². The summed E-state index contributed by atoms with van der Waals surface area (Å²) in [4.78, 5) is 16.9. The van der Waals surface area contributed by atoms with Crippen molar-refractivity contribution < 1.29 is 9.53 Å². The summed E-state index contributed by atoms with van der Waals surface area (Å²) in [6.45, 7) is 13.2. The first kappa shape index (κ1) is 27.0. The molecular formula is C31H39NO2S. The Bertz CT molecular complexity index is 1060. The molecule has 0 heterocycles. The van der Waals surface area contributed by atoms with Gasteiger partial charge in [0.1, 0.15) is 5.60 Å². The number of hydrogen-bond acceptors (Lipinski definition) is 4. The van der Waals surface area contributed by atoms with Crippen LogP contribution in [0.1, 0.15) is 76.7 Å². The second-order valence-corrected chi connectivity index (χ2v) is 11.9. The van der Waals surface area contributed by atoms with Crippen LogP contribution in [0.3, 0.4) is 0 Å². The lowest BCUT2D eigenvalue weighted by atomic mass is 9.96. The van der Waals surface area contributed by atoms with Gasteiger partial charge in [0.2, 0.25) is 0 Å². The molecule has 35 heavy (non-hydrogen) atoms. The minimum atomic E-state index is -0.525. The van der Waals surface area contributed by atoms with Crippen molar-refractivity contribution >= 4 is 17.7 Å². The largest absolute Gasteiger partial charge is 0.460 e. The van der Waals surface area contributed by atoms with Crippen molar-refractivity contribution in [1.82, 2.24) is 4.90 Å². The van der Waals surface area contributed by atoms with Gasteiger partial charge in [-0.15, -0.1) is 11.8 Å². The van der Waals surface area contributed by atoms with Crippen LogP contribution in [0.25, 0.3) is 0 Å². The van der Waals surface area contributed by atoms with Crippen molar-refractivity contribution in [3.8, 4) is 0 Å². The number of benzene rings is 3. The third-order valence-electron chi connectivity index (χ3n) is 5.81. The van der Waals surface area contributed by atoms with Crippen molar-refractivity contribution in [2.45, 2.75) is 82.3 Å². The quantitative estimate of drug-likeness (QED) is 0.212. The molecule has 0 saturated heterocycles. The maximum Gasteiger partial charge on any atom is 0.308 e. The van der Waals surface area contributed by atoms with Crippen LogP contribution in [0, 0.1) is 0 Å². The molecule has 0 amide bonds. The first-order chi connectivity index (χ1) is 16.6.